The minimum absolute atomic E-state index is 0.137. The largest absolute Gasteiger partial charge is 0.497 e. The van der Waals surface area contributed by atoms with Crippen molar-refractivity contribution in [2.75, 3.05) is 26.1 Å². The molecule has 2 N–H and O–H groups in total. The van der Waals surface area contributed by atoms with Gasteiger partial charge in [0.2, 0.25) is 0 Å². The molecule has 0 unspecified atom stereocenters. The third-order valence-corrected chi connectivity index (χ3v) is 9.15. The van der Waals surface area contributed by atoms with Crippen LogP contribution in [0, 0.1) is 0 Å². The quantitative estimate of drug-likeness (QED) is 0.125. The summed E-state index contributed by atoms with van der Waals surface area (Å²) in [4.78, 5) is 38.5. The van der Waals surface area contributed by atoms with Crippen LogP contribution in [-0.4, -0.2) is 75.6 Å². The van der Waals surface area contributed by atoms with E-state index in [1.165, 1.54) is 19.6 Å². The number of esters is 1. The van der Waals surface area contributed by atoms with Crippen LogP contribution < -0.4 is 14.8 Å². The summed E-state index contributed by atoms with van der Waals surface area (Å²) in [5, 5.41) is 14.5. The van der Waals surface area contributed by atoms with Gasteiger partial charge < -0.3 is 34.1 Å². The molecular weight excluding hydrogens is 678 g/mol. The van der Waals surface area contributed by atoms with Crippen molar-refractivity contribution >= 4 is 28.9 Å². The molecule has 1 fully saturated rings. The molecule has 13 heteroatoms. The number of imidazole rings is 1. The summed E-state index contributed by atoms with van der Waals surface area (Å²) in [6.07, 6.45) is -1.80. The molecule has 0 radical (unpaired) electrons. The molecular formula is C40H37N5O8. The van der Waals surface area contributed by atoms with E-state index >= 15 is 0 Å². The van der Waals surface area contributed by atoms with Gasteiger partial charge in [-0.2, -0.15) is 0 Å². The zero-order chi connectivity index (χ0) is 37.0. The lowest BCUT2D eigenvalue weighted by Gasteiger charge is -2.37. The molecule has 1 amide bonds. The van der Waals surface area contributed by atoms with Gasteiger partial charge in [0, 0.05) is 12.5 Å². The van der Waals surface area contributed by atoms with Gasteiger partial charge >= 0.3 is 5.97 Å². The minimum atomic E-state index is -1.32. The van der Waals surface area contributed by atoms with Crippen LogP contribution in [0.15, 0.2) is 122 Å². The van der Waals surface area contributed by atoms with Gasteiger partial charge in [-0.3, -0.25) is 14.2 Å². The number of aromatic nitrogens is 4. The molecule has 0 bridgehead atoms. The fourth-order valence-electron chi connectivity index (χ4n) is 6.58. The summed E-state index contributed by atoms with van der Waals surface area (Å²) < 4.78 is 31.6. The van der Waals surface area contributed by atoms with Crippen LogP contribution in [0.1, 0.15) is 40.2 Å². The van der Waals surface area contributed by atoms with Gasteiger partial charge in [0.1, 0.15) is 35.6 Å². The van der Waals surface area contributed by atoms with Gasteiger partial charge in [-0.1, -0.05) is 72.8 Å². The molecule has 0 spiro atoms. The van der Waals surface area contributed by atoms with E-state index in [0.717, 1.165) is 16.7 Å². The van der Waals surface area contributed by atoms with Crippen LogP contribution in [0.5, 0.6) is 11.5 Å². The first-order valence-electron chi connectivity index (χ1n) is 16.9. The van der Waals surface area contributed by atoms with Crippen molar-refractivity contribution < 1.29 is 38.4 Å². The second-order valence-electron chi connectivity index (χ2n) is 12.3. The third-order valence-electron chi connectivity index (χ3n) is 9.15. The van der Waals surface area contributed by atoms with Gasteiger partial charge in [-0.25, -0.2) is 15.0 Å². The molecule has 7 rings (SSSR count). The first-order valence-corrected chi connectivity index (χ1v) is 16.9. The van der Waals surface area contributed by atoms with E-state index in [-0.39, 0.29) is 29.5 Å². The SMILES string of the molecule is COc1ccc(C(OC[C@@H]2O[C@@H](n3cnc4c(NC(=O)c5ccccc5)ncnc43)[C@H](OC(C)=O)[C@H]2O)(c2ccccc2)c2ccc(OC)cc2)cc1. The molecule has 2 aromatic heterocycles. The van der Waals surface area contributed by atoms with Gasteiger partial charge in [0.05, 0.1) is 27.2 Å². The second-order valence-corrected chi connectivity index (χ2v) is 12.3. The molecule has 0 aliphatic carbocycles. The number of methoxy groups -OCH3 is 2. The maximum atomic E-state index is 13.0. The van der Waals surface area contributed by atoms with Crippen LogP contribution in [0.25, 0.3) is 11.2 Å². The number of fused-ring (bicyclic) bond motifs is 1. The molecule has 0 saturated carbocycles. The van der Waals surface area contributed by atoms with Crippen LogP contribution in [0.3, 0.4) is 0 Å². The Morgan fingerprint density at radius 3 is 1.98 bits per heavy atom. The Morgan fingerprint density at radius 2 is 1.40 bits per heavy atom. The van der Waals surface area contributed by atoms with E-state index in [9.17, 15) is 14.7 Å². The smallest absolute Gasteiger partial charge is 0.303 e. The minimum Gasteiger partial charge on any atom is -0.497 e. The third kappa shape index (κ3) is 6.92. The van der Waals surface area contributed by atoms with E-state index in [4.69, 9.17) is 23.7 Å². The Kier molecular flexibility index (Phi) is 10.1. The number of carbonyl (C=O) groups is 2. The molecule has 3 heterocycles. The number of hydrogen-bond acceptors (Lipinski definition) is 11. The maximum Gasteiger partial charge on any atom is 0.303 e. The average molecular weight is 716 g/mol. The van der Waals surface area contributed by atoms with E-state index in [0.29, 0.717) is 17.1 Å². The number of nitrogens with zero attached hydrogens (tertiary/aromatic N) is 4. The van der Waals surface area contributed by atoms with Crippen molar-refractivity contribution in [3.05, 3.63) is 144 Å². The number of amides is 1. The van der Waals surface area contributed by atoms with Gasteiger partial charge in [0.25, 0.3) is 5.91 Å². The lowest BCUT2D eigenvalue weighted by Crippen LogP contribution is -2.40. The lowest BCUT2D eigenvalue weighted by atomic mass is 9.80. The fourth-order valence-corrected chi connectivity index (χ4v) is 6.58. The standard InChI is InChI=1S/C40H37N5O8/c1-25(46)52-35-34(47)32(53-39(35)45-24-43-33-36(41-23-42-37(33)45)44-38(48)26-10-6-4-7-11-26)22-51-40(27-12-8-5-9-13-27,28-14-18-30(49-2)19-15-28)29-16-20-31(50-3)21-17-29/h4-21,23-24,32,34-35,39,47H,22H2,1-3H3,(H,41,42,44,48)/t32-,34-,35+,39+/m0/s1. The number of nitrogens with one attached hydrogen (secondary N) is 1. The molecule has 13 nitrogen and oxygen atoms in total. The van der Waals surface area contributed by atoms with E-state index < -0.39 is 36.1 Å². The van der Waals surface area contributed by atoms with Crippen molar-refractivity contribution in [3.63, 3.8) is 0 Å². The predicted octanol–water partition coefficient (Wildman–Crippen LogP) is 5.29. The Balaban J connectivity index is 1.24. The Labute approximate surface area is 305 Å². The van der Waals surface area contributed by atoms with Crippen molar-refractivity contribution in [1.29, 1.82) is 0 Å². The topological polar surface area (TPSA) is 156 Å². The molecule has 53 heavy (non-hydrogen) atoms. The first-order chi connectivity index (χ1) is 25.8. The normalized spacial score (nSPS) is 18.4. The number of carbonyl (C=O) groups excluding carboxylic acids is 2. The summed E-state index contributed by atoms with van der Waals surface area (Å²) in [6.45, 7) is 1.12. The molecule has 1 aliphatic heterocycles. The highest BCUT2D eigenvalue weighted by Gasteiger charge is 2.49. The molecule has 4 atom stereocenters. The summed E-state index contributed by atoms with van der Waals surface area (Å²) >= 11 is 0. The monoisotopic (exact) mass is 715 g/mol. The average Bonchev–Trinajstić information content (AvgIpc) is 3.76. The van der Waals surface area contributed by atoms with Gasteiger partial charge in [-0.15, -0.1) is 0 Å². The summed E-state index contributed by atoms with van der Waals surface area (Å²) in [5.41, 5.74) is 2.20. The first kappa shape index (κ1) is 35.3. The number of hydrogen-bond donors (Lipinski definition) is 2. The van der Waals surface area contributed by atoms with Crippen molar-refractivity contribution in [1.82, 2.24) is 19.5 Å². The number of anilines is 1. The second kappa shape index (κ2) is 15.2. The predicted molar refractivity (Wildman–Crippen MR) is 193 cm³/mol. The van der Waals surface area contributed by atoms with E-state index in [2.05, 4.69) is 20.3 Å². The van der Waals surface area contributed by atoms with Crippen LogP contribution in [0.4, 0.5) is 5.82 Å². The van der Waals surface area contributed by atoms with Gasteiger partial charge in [0.15, 0.2) is 29.3 Å². The van der Waals surface area contributed by atoms with Crippen LogP contribution in [0.2, 0.25) is 0 Å². The fraction of sp³-hybridized carbons (Fsp3) is 0.225. The van der Waals surface area contributed by atoms with Gasteiger partial charge in [-0.05, 0) is 53.1 Å². The van der Waals surface area contributed by atoms with E-state index in [1.807, 2.05) is 84.9 Å². The van der Waals surface area contributed by atoms with Crippen molar-refractivity contribution in [2.45, 2.75) is 37.1 Å². The molecule has 1 saturated heterocycles. The molecule has 1 aliphatic rings. The summed E-state index contributed by atoms with van der Waals surface area (Å²) in [7, 11) is 3.20. The lowest BCUT2D eigenvalue weighted by molar-refractivity contribution is -0.155. The zero-order valence-corrected chi connectivity index (χ0v) is 29.2. The maximum absolute atomic E-state index is 13.0. The molecule has 270 valence electrons. The Bertz CT molecular complexity index is 2130. The number of ether oxygens (including phenoxy) is 5. The molecule has 6 aromatic rings. The number of rotatable bonds is 12. The number of benzene rings is 4. The highest BCUT2D eigenvalue weighted by atomic mass is 16.6. The zero-order valence-electron chi connectivity index (χ0n) is 29.2. The van der Waals surface area contributed by atoms with E-state index in [1.54, 1.807) is 43.1 Å². The summed E-state index contributed by atoms with van der Waals surface area (Å²) in [5.74, 6) is 0.529. The Hall–Kier alpha value is -6.15. The number of aliphatic hydroxyl groups is 1. The number of aliphatic hydroxyl groups excluding tert-OH is 1. The van der Waals surface area contributed by atoms with Crippen molar-refractivity contribution in [2.24, 2.45) is 0 Å². The van der Waals surface area contributed by atoms with Crippen LogP contribution in [-0.2, 0) is 24.6 Å². The highest BCUT2D eigenvalue weighted by molar-refractivity contribution is 6.06. The Morgan fingerprint density at radius 1 is 0.811 bits per heavy atom. The van der Waals surface area contributed by atoms with Crippen LogP contribution >= 0.6 is 0 Å². The molecule has 4 aromatic carbocycles. The van der Waals surface area contributed by atoms with Crippen molar-refractivity contribution in [3.8, 4) is 11.5 Å². The highest BCUT2D eigenvalue weighted by Crippen LogP contribution is 2.43. The summed E-state index contributed by atoms with van der Waals surface area (Å²) in [6, 6.07) is 33.6.